The van der Waals surface area contributed by atoms with E-state index in [-0.39, 0.29) is 17.9 Å². The SMILES string of the molecule is Cc1cccc(O[C@H]2CC[C@H](C(=O)NN)CC2)c1. The van der Waals surface area contributed by atoms with Crippen molar-refractivity contribution in [1.82, 2.24) is 5.43 Å². The Hall–Kier alpha value is -1.55. The quantitative estimate of drug-likeness (QED) is 0.488. The fraction of sp³-hybridized carbons (Fsp3) is 0.500. The van der Waals surface area contributed by atoms with Crippen molar-refractivity contribution >= 4 is 5.91 Å². The molecule has 1 aromatic rings. The zero-order chi connectivity index (χ0) is 13.0. The van der Waals surface area contributed by atoms with Crippen LogP contribution in [0.25, 0.3) is 0 Å². The molecule has 0 saturated heterocycles. The number of rotatable bonds is 3. The maximum atomic E-state index is 11.4. The van der Waals surface area contributed by atoms with Gasteiger partial charge in [0, 0.05) is 5.92 Å². The van der Waals surface area contributed by atoms with E-state index in [2.05, 4.69) is 18.4 Å². The van der Waals surface area contributed by atoms with Gasteiger partial charge in [-0.25, -0.2) is 5.84 Å². The highest BCUT2D eigenvalue weighted by Gasteiger charge is 2.26. The Morgan fingerprint density at radius 2 is 2.06 bits per heavy atom. The van der Waals surface area contributed by atoms with Gasteiger partial charge in [0.25, 0.3) is 0 Å². The Balaban J connectivity index is 1.85. The second-order valence-electron chi connectivity index (χ2n) is 4.92. The maximum absolute atomic E-state index is 11.4. The summed E-state index contributed by atoms with van der Waals surface area (Å²) < 4.78 is 5.93. The minimum absolute atomic E-state index is 0.0485. The highest BCUT2D eigenvalue weighted by molar-refractivity contribution is 5.78. The van der Waals surface area contributed by atoms with Crippen molar-refractivity contribution < 1.29 is 9.53 Å². The molecule has 98 valence electrons. The molecule has 0 unspecified atom stereocenters. The molecule has 1 amide bonds. The summed E-state index contributed by atoms with van der Waals surface area (Å²) in [6.07, 6.45) is 3.73. The third kappa shape index (κ3) is 3.23. The van der Waals surface area contributed by atoms with Crippen LogP contribution in [0.3, 0.4) is 0 Å². The van der Waals surface area contributed by atoms with Gasteiger partial charge in [-0.05, 0) is 50.3 Å². The molecule has 4 heteroatoms. The number of hydrogen-bond donors (Lipinski definition) is 2. The van der Waals surface area contributed by atoms with E-state index in [0.29, 0.717) is 0 Å². The van der Waals surface area contributed by atoms with E-state index in [9.17, 15) is 4.79 Å². The van der Waals surface area contributed by atoms with E-state index < -0.39 is 0 Å². The molecule has 1 saturated carbocycles. The standard InChI is InChI=1S/C14H20N2O2/c1-10-3-2-4-13(9-10)18-12-7-5-11(6-8-12)14(17)16-15/h2-4,9,11-12H,5-8,15H2,1H3,(H,16,17)/t11-,12-. The number of nitrogens with one attached hydrogen (secondary N) is 1. The molecule has 3 N–H and O–H groups in total. The first-order chi connectivity index (χ1) is 8.69. The lowest BCUT2D eigenvalue weighted by molar-refractivity contribution is -0.126. The monoisotopic (exact) mass is 248 g/mol. The van der Waals surface area contributed by atoms with E-state index in [1.54, 1.807) is 0 Å². The zero-order valence-corrected chi connectivity index (χ0v) is 10.7. The fourth-order valence-corrected chi connectivity index (χ4v) is 2.44. The number of carbonyl (C=O) groups is 1. The van der Waals surface area contributed by atoms with Crippen LogP contribution in [0.5, 0.6) is 5.75 Å². The minimum atomic E-state index is -0.0518. The summed E-state index contributed by atoms with van der Waals surface area (Å²) in [5.41, 5.74) is 3.42. The first-order valence-corrected chi connectivity index (χ1v) is 6.43. The molecule has 0 radical (unpaired) electrons. The molecule has 18 heavy (non-hydrogen) atoms. The minimum Gasteiger partial charge on any atom is -0.490 e. The van der Waals surface area contributed by atoms with Gasteiger partial charge in [0.2, 0.25) is 5.91 Å². The van der Waals surface area contributed by atoms with Crippen molar-refractivity contribution in [2.45, 2.75) is 38.7 Å². The predicted octanol–water partition coefficient (Wildman–Crippen LogP) is 1.92. The Bertz CT molecular complexity index is 412. The van der Waals surface area contributed by atoms with Crippen molar-refractivity contribution in [1.29, 1.82) is 0 Å². The van der Waals surface area contributed by atoms with Crippen LogP contribution >= 0.6 is 0 Å². The number of carbonyl (C=O) groups excluding carboxylic acids is 1. The van der Waals surface area contributed by atoms with Crippen LogP contribution in [0.15, 0.2) is 24.3 Å². The molecular weight excluding hydrogens is 228 g/mol. The smallest absolute Gasteiger partial charge is 0.236 e. The Labute approximate surface area is 107 Å². The van der Waals surface area contributed by atoms with Crippen LogP contribution in [-0.2, 0) is 4.79 Å². The molecular formula is C14H20N2O2. The second-order valence-corrected chi connectivity index (χ2v) is 4.92. The summed E-state index contributed by atoms with van der Waals surface area (Å²) in [5, 5.41) is 0. The topological polar surface area (TPSA) is 64.3 Å². The van der Waals surface area contributed by atoms with Crippen LogP contribution in [-0.4, -0.2) is 12.0 Å². The first-order valence-electron chi connectivity index (χ1n) is 6.43. The maximum Gasteiger partial charge on any atom is 0.236 e. The Morgan fingerprint density at radius 1 is 1.33 bits per heavy atom. The summed E-state index contributed by atoms with van der Waals surface area (Å²) in [5.74, 6) is 6.06. The van der Waals surface area contributed by atoms with Gasteiger partial charge in [-0.2, -0.15) is 0 Å². The fourth-order valence-electron chi connectivity index (χ4n) is 2.44. The molecule has 4 nitrogen and oxygen atoms in total. The largest absolute Gasteiger partial charge is 0.490 e. The van der Waals surface area contributed by atoms with Crippen molar-refractivity contribution in [3.63, 3.8) is 0 Å². The van der Waals surface area contributed by atoms with Gasteiger partial charge in [-0.15, -0.1) is 0 Å². The van der Waals surface area contributed by atoms with E-state index in [1.807, 2.05) is 18.2 Å². The van der Waals surface area contributed by atoms with Crippen LogP contribution in [0.4, 0.5) is 0 Å². The Morgan fingerprint density at radius 3 is 2.67 bits per heavy atom. The lowest BCUT2D eigenvalue weighted by Gasteiger charge is -2.27. The first kappa shape index (κ1) is 12.9. The van der Waals surface area contributed by atoms with E-state index >= 15 is 0 Å². The second kappa shape index (κ2) is 5.87. The lowest BCUT2D eigenvalue weighted by Crippen LogP contribution is -2.38. The predicted molar refractivity (Wildman–Crippen MR) is 69.9 cm³/mol. The molecule has 1 aromatic carbocycles. The number of ether oxygens (including phenoxy) is 1. The highest BCUT2D eigenvalue weighted by Crippen LogP contribution is 2.27. The van der Waals surface area contributed by atoms with E-state index in [4.69, 9.17) is 10.6 Å². The molecule has 0 spiro atoms. The molecule has 2 rings (SSSR count). The van der Waals surface area contributed by atoms with Gasteiger partial charge in [-0.1, -0.05) is 12.1 Å². The number of aryl methyl sites for hydroxylation is 1. The number of benzene rings is 1. The molecule has 0 bridgehead atoms. The van der Waals surface area contributed by atoms with E-state index in [1.165, 1.54) is 5.56 Å². The average molecular weight is 248 g/mol. The van der Waals surface area contributed by atoms with Gasteiger partial charge in [0.05, 0.1) is 6.10 Å². The normalized spacial score (nSPS) is 23.4. The number of amides is 1. The van der Waals surface area contributed by atoms with Crippen LogP contribution in [0.1, 0.15) is 31.2 Å². The molecule has 1 aliphatic rings. The highest BCUT2D eigenvalue weighted by atomic mass is 16.5. The van der Waals surface area contributed by atoms with Gasteiger partial charge in [0.15, 0.2) is 0 Å². The summed E-state index contributed by atoms with van der Waals surface area (Å²) in [4.78, 5) is 11.4. The molecule has 1 fully saturated rings. The van der Waals surface area contributed by atoms with Crippen molar-refractivity contribution in [3.8, 4) is 5.75 Å². The van der Waals surface area contributed by atoms with Crippen LogP contribution in [0, 0.1) is 12.8 Å². The van der Waals surface area contributed by atoms with Crippen molar-refractivity contribution in [2.24, 2.45) is 11.8 Å². The summed E-state index contributed by atoms with van der Waals surface area (Å²) in [6.45, 7) is 2.05. The molecule has 0 aliphatic heterocycles. The average Bonchev–Trinajstić information content (AvgIpc) is 2.39. The van der Waals surface area contributed by atoms with Gasteiger partial charge < -0.3 is 4.74 Å². The van der Waals surface area contributed by atoms with Crippen LogP contribution < -0.4 is 16.0 Å². The molecule has 0 atom stereocenters. The Kier molecular flexibility index (Phi) is 4.20. The van der Waals surface area contributed by atoms with Gasteiger partial charge in [0.1, 0.15) is 5.75 Å². The number of hydrogen-bond acceptors (Lipinski definition) is 3. The number of hydrazine groups is 1. The summed E-state index contributed by atoms with van der Waals surface area (Å²) >= 11 is 0. The third-order valence-electron chi connectivity index (χ3n) is 3.48. The molecule has 0 aromatic heterocycles. The van der Waals surface area contributed by atoms with Crippen molar-refractivity contribution in [2.75, 3.05) is 0 Å². The number of nitrogens with two attached hydrogens (primary N) is 1. The lowest BCUT2D eigenvalue weighted by atomic mass is 9.87. The van der Waals surface area contributed by atoms with Crippen molar-refractivity contribution in [3.05, 3.63) is 29.8 Å². The zero-order valence-electron chi connectivity index (χ0n) is 10.7. The van der Waals surface area contributed by atoms with Gasteiger partial charge in [-0.3, -0.25) is 10.2 Å². The summed E-state index contributed by atoms with van der Waals surface area (Å²) in [7, 11) is 0. The molecule has 0 heterocycles. The summed E-state index contributed by atoms with van der Waals surface area (Å²) in [6, 6.07) is 8.07. The third-order valence-corrected chi connectivity index (χ3v) is 3.48. The molecule has 1 aliphatic carbocycles. The van der Waals surface area contributed by atoms with E-state index in [0.717, 1.165) is 31.4 Å². The van der Waals surface area contributed by atoms with Crippen LogP contribution in [0.2, 0.25) is 0 Å². The van der Waals surface area contributed by atoms with Gasteiger partial charge >= 0.3 is 0 Å².